The van der Waals surface area contributed by atoms with Gasteiger partial charge in [0.2, 0.25) is 5.91 Å². The number of amides is 1. The van der Waals surface area contributed by atoms with Crippen molar-refractivity contribution < 1.29 is 4.79 Å². The maximum atomic E-state index is 11.8. The molecule has 2 rings (SSSR count). The van der Waals surface area contributed by atoms with Crippen molar-refractivity contribution in [2.24, 2.45) is 0 Å². The number of carbonyl (C=O) groups is 1. The third-order valence-corrected chi connectivity index (χ3v) is 4.19. The predicted octanol–water partition coefficient (Wildman–Crippen LogP) is 3.00. The van der Waals surface area contributed by atoms with Gasteiger partial charge in [-0.25, -0.2) is 0 Å². The SMILES string of the molecule is CN(C)CCCNC(=O)CSc1ccc2ccccc2c1. The fourth-order valence-corrected chi connectivity index (χ4v) is 2.85. The van der Waals surface area contributed by atoms with E-state index in [0.717, 1.165) is 24.4 Å². The molecule has 21 heavy (non-hydrogen) atoms. The maximum absolute atomic E-state index is 11.8. The van der Waals surface area contributed by atoms with Crippen molar-refractivity contribution >= 4 is 28.4 Å². The number of benzene rings is 2. The highest BCUT2D eigenvalue weighted by Crippen LogP contribution is 2.23. The zero-order valence-corrected chi connectivity index (χ0v) is 13.5. The lowest BCUT2D eigenvalue weighted by molar-refractivity contribution is -0.118. The number of hydrogen-bond acceptors (Lipinski definition) is 3. The summed E-state index contributed by atoms with van der Waals surface area (Å²) < 4.78 is 0. The Hall–Kier alpha value is -1.52. The van der Waals surface area contributed by atoms with E-state index in [1.54, 1.807) is 11.8 Å². The third kappa shape index (κ3) is 5.40. The summed E-state index contributed by atoms with van der Waals surface area (Å²) in [5.41, 5.74) is 0. The van der Waals surface area contributed by atoms with Crippen LogP contribution in [0.4, 0.5) is 0 Å². The van der Waals surface area contributed by atoms with Gasteiger partial charge in [-0.15, -0.1) is 11.8 Å². The van der Waals surface area contributed by atoms with Crippen LogP contribution < -0.4 is 5.32 Å². The molecule has 2 aromatic rings. The molecular weight excluding hydrogens is 280 g/mol. The molecule has 0 saturated heterocycles. The topological polar surface area (TPSA) is 32.3 Å². The van der Waals surface area contributed by atoms with E-state index in [-0.39, 0.29) is 5.91 Å². The Labute approximate surface area is 130 Å². The van der Waals surface area contributed by atoms with Gasteiger partial charge in [0.05, 0.1) is 5.75 Å². The van der Waals surface area contributed by atoms with Crippen molar-refractivity contribution in [2.45, 2.75) is 11.3 Å². The standard InChI is InChI=1S/C17H22N2OS/c1-19(2)11-5-10-18-17(20)13-21-16-9-8-14-6-3-4-7-15(14)12-16/h3-4,6-9,12H,5,10-11,13H2,1-2H3,(H,18,20). The van der Waals surface area contributed by atoms with Gasteiger partial charge in [-0.3, -0.25) is 4.79 Å². The first-order valence-corrected chi connectivity index (χ1v) is 8.17. The lowest BCUT2D eigenvalue weighted by atomic mass is 10.1. The quantitative estimate of drug-likeness (QED) is 0.630. The summed E-state index contributed by atoms with van der Waals surface area (Å²) >= 11 is 1.59. The van der Waals surface area contributed by atoms with E-state index < -0.39 is 0 Å². The molecule has 2 aromatic carbocycles. The van der Waals surface area contributed by atoms with E-state index in [2.05, 4.69) is 40.5 Å². The van der Waals surface area contributed by atoms with Crippen molar-refractivity contribution in [3.63, 3.8) is 0 Å². The number of fused-ring (bicyclic) bond motifs is 1. The summed E-state index contributed by atoms with van der Waals surface area (Å²) in [4.78, 5) is 15.0. The van der Waals surface area contributed by atoms with E-state index in [4.69, 9.17) is 0 Å². The van der Waals surface area contributed by atoms with E-state index in [9.17, 15) is 4.79 Å². The van der Waals surface area contributed by atoms with Gasteiger partial charge in [0.15, 0.2) is 0 Å². The van der Waals surface area contributed by atoms with Crippen LogP contribution in [0.15, 0.2) is 47.4 Å². The minimum atomic E-state index is 0.104. The molecule has 0 fully saturated rings. The monoisotopic (exact) mass is 302 g/mol. The summed E-state index contributed by atoms with van der Waals surface area (Å²) in [5, 5.41) is 5.41. The molecule has 4 heteroatoms. The number of rotatable bonds is 7. The molecule has 0 aliphatic rings. The molecule has 0 unspecified atom stereocenters. The number of nitrogens with one attached hydrogen (secondary N) is 1. The van der Waals surface area contributed by atoms with Crippen LogP contribution in [-0.4, -0.2) is 43.7 Å². The summed E-state index contributed by atoms with van der Waals surface area (Å²) in [6.07, 6.45) is 0.985. The molecule has 1 amide bonds. The van der Waals surface area contributed by atoms with Crippen molar-refractivity contribution in [1.29, 1.82) is 0 Å². The van der Waals surface area contributed by atoms with Gasteiger partial charge < -0.3 is 10.2 Å². The van der Waals surface area contributed by atoms with E-state index in [0.29, 0.717) is 5.75 Å². The average molecular weight is 302 g/mol. The Morgan fingerprint density at radius 3 is 2.67 bits per heavy atom. The van der Waals surface area contributed by atoms with E-state index in [1.807, 2.05) is 26.2 Å². The highest BCUT2D eigenvalue weighted by molar-refractivity contribution is 8.00. The molecule has 0 radical (unpaired) electrons. The molecule has 3 nitrogen and oxygen atoms in total. The van der Waals surface area contributed by atoms with Crippen LogP contribution in [0.2, 0.25) is 0 Å². The number of hydrogen-bond donors (Lipinski definition) is 1. The lowest BCUT2D eigenvalue weighted by Crippen LogP contribution is -2.28. The fourth-order valence-electron chi connectivity index (χ4n) is 2.08. The van der Waals surface area contributed by atoms with Crippen molar-refractivity contribution in [1.82, 2.24) is 10.2 Å². The normalized spacial score (nSPS) is 11.0. The van der Waals surface area contributed by atoms with Gasteiger partial charge in [0, 0.05) is 11.4 Å². The molecule has 112 valence electrons. The van der Waals surface area contributed by atoms with Gasteiger partial charge in [-0.2, -0.15) is 0 Å². The summed E-state index contributed by atoms with van der Waals surface area (Å²) in [7, 11) is 4.08. The molecule has 0 saturated carbocycles. The van der Waals surface area contributed by atoms with Crippen LogP contribution in [0.3, 0.4) is 0 Å². The second-order valence-electron chi connectivity index (χ2n) is 5.30. The first-order valence-electron chi connectivity index (χ1n) is 7.18. The van der Waals surface area contributed by atoms with Crippen LogP contribution in [0.5, 0.6) is 0 Å². The molecule has 0 bridgehead atoms. The van der Waals surface area contributed by atoms with Gasteiger partial charge in [0.25, 0.3) is 0 Å². The molecule has 0 aromatic heterocycles. The Bertz CT molecular complexity index is 598. The predicted molar refractivity (Wildman–Crippen MR) is 90.9 cm³/mol. The molecule has 0 atom stereocenters. The Balaban J connectivity index is 1.77. The van der Waals surface area contributed by atoms with Crippen LogP contribution in [-0.2, 0) is 4.79 Å². The smallest absolute Gasteiger partial charge is 0.230 e. The highest BCUT2D eigenvalue weighted by Gasteiger charge is 2.03. The van der Waals surface area contributed by atoms with Crippen molar-refractivity contribution in [3.8, 4) is 0 Å². The Morgan fingerprint density at radius 2 is 1.90 bits per heavy atom. The van der Waals surface area contributed by atoms with Crippen LogP contribution in [0, 0.1) is 0 Å². The van der Waals surface area contributed by atoms with Crippen molar-refractivity contribution in [3.05, 3.63) is 42.5 Å². The largest absolute Gasteiger partial charge is 0.355 e. The highest BCUT2D eigenvalue weighted by atomic mass is 32.2. The molecular formula is C17H22N2OS. The van der Waals surface area contributed by atoms with Crippen LogP contribution in [0.25, 0.3) is 10.8 Å². The minimum absolute atomic E-state index is 0.104. The molecule has 1 N–H and O–H groups in total. The Morgan fingerprint density at radius 1 is 1.14 bits per heavy atom. The maximum Gasteiger partial charge on any atom is 0.230 e. The summed E-state index contributed by atoms with van der Waals surface area (Å²) in [5.74, 6) is 0.576. The summed E-state index contributed by atoms with van der Waals surface area (Å²) in [6.45, 7) is 1.74. The van der Waals surface area contributed by atoms with Gasteiger partial charge in [-0.1, -0.05) is 30.3 Å². The Kier molecular flexibility index (Phi) is 6.08. The van der Waals surface area contributed by atoms with Crippen LogP contribution in [0.1, 0.15) is 6.42 Å². The van der Waals surface area contributed by atoms with Gasteiger partial charge >= 0.3 is 0 Å². The van der Waals surface area contributed by atoms with E-state index in [1.165, 1.54) is 10.8 Å². The first-order chi connectivity index (χ1) is 10.1. The fraction of sp³-hybridized carbons (Fsp3) is 0.353. The second-order valence-corrected chi connectivity index (χ2v) is 6.35. The molecule has 0 aliphatic carbocycles. The molecule has 0 spiro atoms. The van der Waals surface area contributed by atoms with Gasteiger partial charge in [0.1, 0.15) is 0 Å². The molecule has 0 aliphatic heterocycles. The second kappa shape index (κ2) is 8.05. The summed E-state index contributed by atoms with van der Waals surface area (Å²) in [6, 6.07) is 14.6. The lowest BCUT2D eigenvalue weighted by Gasteiger charge is -2.10. The van der Waals surface area contributed by atoms with Crippen LogP contribution >= 0.6 is 11.8 Å². The van der Waals surface area contributed by atoms with Crippen molar-refractivity contribution in [2.75, 3.05) is 32.9 Å². The zero-order valence-electron chi connectivity index (χ0n) is 12.6. The molecule has 0 heterocycles. The zero-order chi connectivity index (χ0) is 15.1. The van der Waals surface area contributed by atoms with E-state index >= 15 is 0 Å². The van der Waals surface area contributed by atoms with Gasteiger partial charge in [-0.05, 0) is 50.0 Å². The number of nitrogens with zero attached hydrogens (tertiary/aromatic N) is 1. The first kappa shape index (κ1) is 15.9. The average Bonchev–Trinajstić information content (AvgIpc) is 2.49. The number of carbonyl (C=O) groups excluding carboxylic acids is 1. The number of thioether (sulfide) groups is 1. The minimum Gasteiger partial charge on any atom is -0.355 e. The third-order valence-electron chi connectivity index (χ3n) is 3.20.